The molecule has 0 saturated carbocycles. The molecule has 4 aromatic rings. The second-order valence-electron chi connectivity index (χ2n) is 9.13. The molecule has 5 nitrogen and oxygen atoms in total. The number of rotatable bonds is 4. The molecule has 36 heavy (non-hydrogen) atoms. The minimum atomic E-state index is -0.181. The second kappa shape index (κ2) is 8.95. The van der Waals surface area contributed by atoms with Crippen molar-refractivity contribution >= 4 is 23.1 Å². The molecule has 3 aromatic carbocycles. The molecule has 2 heterocycles. The summed E-state index contributed by atoms with van der Waals surface area (Å²) in [5.41, 5.74) is 7.74. The number of hydrogen-bond donors (Lipinski definition) is 0. The van der Waals surface area contributed by atoms with E-state index in [-0.39, 0.29) is 11.6 Å². The lowest BCUT2D eigenvalue weighted by molar-refractivity contribution is 0.402. The molecule has 0 N–H and O–H groups in total. The summed E-state index contributed by atoms with van der Waals surface area (Å²) in [5.74, 6) is 1.39. The van der Waals surface area contributed by atoms with Gasteiger partial charge in [-0.3, -0.25) is 9.36 Å². The van der Waals surface area contributed by atoms with Crippen molar-refractivity contribution in [1.29, 1.82) is 0 Å². The molecule has 1 unspecified atom stereocenters. The number of aryl methyl sites for hydroxylation is 2. The molecular weight excluding hydrogens is 468 g/mol. The molecule has 0 amide bonds. The Bertz CT molecular complexity index is 1690. The quantitative estimate of drug-likeness (QED) is 0.415. The molecule has 6 rings (SSSR count). The lowest BCUT2D eigenvalue weighted by atomic mass is 9.83. The molecule has 0 fully saturated rings. The predicted octanol–water partition coefficient (Wildman–Crippen LogP) is 4.64. The van der Waals surface area contributed by atoms with Crippen LogP contribution in [-0.2, 0) is 6.42 Å². The van der Waals surface area contributed by atoms with Gasteiger partial charge in [-0.15, -0.1) is 0 Å². The van der Waals surface area contributed by atoms with Crippen molar-refractivity contribution in [3.8, 4) is 11.5 Å². The van der Waals surface area contributed by atoms with Gasteiger partial charge in [0.05, 0.1) is 30.5 Å². The molecule has 1 aliphatic heterocycles. The number of ether oxygens (including phenoxy) is 2. The summed E-state index contributed by atoms with van der Waals surface area (Å²) in [4.78, 5) is 19.7. The third-order valence-corrected chi connectivity index (χ3v) is 7.97. The van der Waals surface area contributed by atoms with E-state index in [0.717, 1.165) is 29.7 Å². The topological polar surface area (TPSA) is 52.8 Å². The molecule has 1 atom stereocenters. The Balaban J connectivity index is 1.62. The fourth-order valence-electron chi connectivity index (χ4n) is 5.16. The highest BCUT2D eigenvalue weighted by Crippen LogP contribution is 2.41. The van der Waals surface area contributed by atoms with Crippen molar-refractivity contribution in [2.45, 2.75) is 25.8 Å². The average molecular weight is 495 g/mol. The first-order valence-corrected chi connectivity index (χ1v) is 12.8. The van der Waals surface area contributed by atoms with Crippen LogP contribution in [0.25, 0.3) is 11.8 Å². The summed E-state index contributed by atoms with van der Waals surface area (Å²) in [6, 6.07) is 22.4. The summed E-state index contributed by atoms with van der Waals surface area (Å²) in [7, 11) is 3.26. The average Bonchev–Trinajstić information content (AvgIpc) is 3.22. The van der Waals surface area contributed by atoms with E-state index in [4.69, 9.17) is 14.5 Å². The number of fused-ring (bicyclic) bond motifs is 3. The second-order valence-corrected chi connectivity index (χ2v) is 10.1. The zero-order valence-corrected chi connectivity index (χ0v) is 21.3. The number of aromatic nitrogens is 1. The SMILES string of the molecule is COc1ccc(OC)c(/C=c2/sc3n(c2=O)C(c2ccc(C)cc2)C2=C(N=3)c3ccccc3CC2)c1. The van der Waals surface area contributed by atoms with Gasteiger partial charge < -0.3 is 9.47 Å². The van der Waals surface area contributed by atoms with E-state index in [1.54, 1.807) is 14.2 Å². The maximum absolute atomic E-state index is 13.9. The maximum Gasteiger partial charge on any atom is 0.271 e. The number of allylic oxidation sites excluding steroid dienone is 1. The Hall–Kier alpha value is -3.90. The van der Waals surface area contributed by atoms with E-state index in [1.807, 2.05) is 28.8 Å². The molecule has 0 saturated heterocycles. The molecule has 1 aliphatic carbocycles. The minimum Gasteiger partial charge on any atom is -0.497 e. The van der Waals surface area contributed by atoms with Gasteiger partial charge >= 0.3 is 0 Å². The first kappa shape index (κ1) is 22.6. The normalized spacial score (nSPS) is 16.6. The van der Waals surface area contributed by atoms with Gasteiger partial charge in [-0.25, -0.2) is 4.99 Å². The van der Waals surface area contributed by atoms with E-state index >= 15 is 0 Å². The monoisotopic (exact) mass is 494 g/mol. The van der Waals surface area contributed by atoms with Crippen molar-refractivity contribution in [3.63, 3.8) is 0 Å². The molecule has 6 heteroatoms. The fourth-order valence-corrected chi connectivity index (χ4v) is 6.16. The molecule has 180 valence electrons. The number of methoxy groups -OCH3 is 2. The summed E-state index contributed by atoms with van der Waals surface area (Å²) in [6.45, 7) is 2.08. The third-order valence-electron chi connectivity index (χ3n) is 6.99. The first-order chi connectivity index (χ1) is 17.6. The van der Waals surface area contributed by atoms with Gasteiger partial charge in [0.25, 0.3) is 5.56 Å². The van der Waals surface area contributed by atoms with Crippen LogP contribution in [0.1, 0.15) is 40.3 Å². The Kier molecular flexibility index (Phi) is 5.61. The highest BCUT2D eigenvalue weighted by Gasteiger charge is 2.32. The smallest absolute Gasteiger partial charge is 0.271 e. The maximum atomic E-state index is 13.9. The summed E-state index contributed by atoms with van der Waals surface area (Å²) in [6.07, 6.45) is 3.70. The minimum absolute atomic E-state index is 0.0420. The van der Waals surface area contributed by atoms with Crippen LogP contribution in [0.15, 0.2) is 82.1 Å². The zero-order valence-electron chi connectivity index (χ0n) is 20.4. The number of hydrogen-bond acceptors (Lipinski definition) is 5. The molecule has 0 bridgehead atoms. The lowest BCUT2D eigenvalue weighted by Crippen LogP contribution is -2.38. The molecular formula is C30H26N2O3S. The van der Waals surface area contributed by atoms with Crippen LogP contribution in [0.2, 0.25) is 0 Å². The van der Waals surface area contributed by atoms with Crippen LogP contribution in [0.3, 0.4) is 0 Å². The number of nitrogens with zero attached hydrogens (tertiary/aromatic N) is 2. The van der Waals surface area contributed by atoms with E-state index in [1.165, 1.54) is 33.6 Å². The third kappa shape index (κ3) is 3.69. The van der Waals surface area contributed by atoms with E-state index in [2.05, 4.69) is 55.5 Å². The van der Waals surface area contributed by atoms with Gasteiger partial charge in [0.15, 0.2) is 4.80 Å². The number of thiazole rings is 1. The summed E-state index contributed by atoms with van der Waals surface area (Å²) < 4.78 is 13.5. The van der Waals surface area contributed by atoms with Gasteiger partial charge in [-0.05, 0) is 60.7 Å². The van der Waals surface area contributed by atoms with Crippen molar-refractivity contribution in [3.05, 3.63) is 120 Å². The van der Waals surface area contributed by atoms with Crippen molar-refractivity contribution in [2.24, 2.45) is 4.99 Å². The van der Waals surface area contributed by atoms with Crippen molar-refractivity contribution in [1.82, 2.24) is 4.57 Å². The summed E-state index contributed by atoms with van der Waals surface area (Å²) in [5, 5.41) is 0. The van der Waals surface area contributed by atoms with Crippen LogP contribution in [-0.4, -0.2) is 18.8 Å². The lowest BCUT2D eigenvalue weighted by Gasteiger charge is -2.30. The van der Waals surface area contributed by atoms with Crippen LogP contribution >= 0.6 is 11.3 Å². The highest BCUT2D eigenvalue weighted by molar-refractivity contribution is 7.07. The van der Waals surface area contributed by atoms with E-state index in [9.17, 15) is 4.79 Å². The molecule has 1 aromatic heterocycles. The molecule has 2 aliphatic rings. The van der Waals surface area contributed by atoms with Gasteiger partial charge in [0.2, 0.25) is 0 Å². The fraction of sp³-hybridized carbons (Fsp3) is 0.200. The summed E-state index contributed by atoms with van der Waals surface area (Å²) >= 11 is 1.42. The molecule has 0 spiro atoms. The van der Waals surface area contributed by atoms with Gasteiger partial charge in [0.1, 0.15) is 11.5 Å². The van der Waals surface area contributed by atoms with Crippen LogP contribution in [0, 0.1) is 6.92 Å². The molecule has 0 radical (unpaired) electrons. The van der Waals surface area contributed by atoms with Gasteiger partial charge in [-0.1, -0.05) is 65.4 Å². The standard InChI is InChI=1S/C30H26N2O3S/c1-18-8-10-20(11-9-18)28-24-14-12-19-6-4-5-7-23(19)27(24)31-30-32(28)29(33)26(36-30)17-21-16-22(34-2)13-15-25(21)35-3/h4-11,13,15-17,28H,12,14H2,1-3H3/b26-17+. The van der Waals surface area contributed by atoms with Crippen LogP contribution in [0.5, 0.6) is 11.5 Å². The number of benzene rings is 3. The van der Waals surface area contributed by atoms with E-state index in [0.29, 0.717) is 20.8 Å². The van der Waals surface area contributed by atoms with E-state index < -0.39 is 0 Å². The van der Waals surface area contributed by atoms with Gasteiger partial charge in [-0.2, -0.15) is 0 Å². The zero-order chi connectivity index (χ0) is 24.8. The van der Waals surface area contributed by atoms with Crippen LogP contribution < -0.4 is 24.4 Å². The van der Waals surface area contributed by atoms with Crippen molar-refractivity contribution in [2.75, 3.05) is 14.2 Å². The Labute approximate surface area is 213 Å². The predicted molar refractivity (Wildman–Crippen MR) is 143 cm³/mol. The largest absolute Gasteiger partial charge is 0.497 e. The van der Waals surface area contributed by atoms with Gasteiger partial charge in [0, 0.05) is 11.1 Å². The first-order valence-electron chi connectivity index (χ1n) is 12.0. The Morgan fingerprint density at radius 1 is 1.00 bits per heavy atom. The Morgan fingerprint density at radius 3 is 2.58 bits per heavy atom. The van der Waals surface area contributed by atoms with Crippen LogP contribution in [0.4, 0.5) is 0 Å². The van der Waals surface area contributed by atoms with Crippen molar-refractivity contribution < 1.29 is 9.47 Å². The Morgan fingerprint density at radius 2 is 1.81 bits per heavy atom. The highest BCUT2D eigenvalue weighted by atomic mass is 32.1.